The predicted molar refractivity (Wildman–Crippen MR) is 78.0 cm³/mol. The Labute approximate surface area is 118 Å². The number of nitrogens with one attached hydrogen (secondary N) is 1. The van der Waals surface area contributed by atoms with Crippen LogP contribution in [0.25, 0.3) is 0 Å². The predicted octanol–water partition coefficient (Wildman–Crippen LogP) is 3.58. The molecule has 0 saturated heterocycles. The van der Waals surface area contributed by atoms with Gasteiger partial charge in [0.1, 0.15) is 5.75 Å². The van der Waals surface area contributed by atoms with Crippen molar-refractivity contribution in [1.29, 1.82) is 0 Å². The van der Waals surface area contributed by atoms with Crippen LogP contribution in [0, 0.1) is 0 Å². The molecule has 1 heterocycles. The van der Waals surface area contributed by atoms with Crippen LogP contribution in [-0.4, -0.2) is 13.7 Å². The van der Waals surface area contributed by atoms with Crippen molar-refractivity contribution < 1.29 is 4.74 Å². The Morgan fingerprint density at radius 3 is 2.89 bits per heavy atom. The highest BCUT2D eigenvalue weighted by Gasteiger charge is 2.21. The summed E-state index contributed by atoms with van der Waals surface area (Å²) in [5.74, 6) is 0.898. The molecule has 1 aliphatic heterocycles. The molecule has 3 heteroatoms. The molecule has 0 bridgehead atoms. The summed E-state index contributed by atoms with van der Waals surface area (Å²) in [5, 5.41) is 4.33. The van der Waals surface area contributed by atoms with Crippen molar-refractivity contribution in [3.8, 4) is 5.75 Å². The van der Waals surface area contributed by atoms with Gasteiger partial charge in [-0.25, -0.2) is 0 Å². The molecule has 1 N–H and O–H groups in total. The van der Waals surface area contributed by atoms with Crippen molar-refractivity contribution in [2.24, 2.45) is 0 Å². The van der Waals surface area contributed by atoms with Gasteiger partial charge in [0.25, 0.3) is 0 Å². The topological polar surface area (TPSA) is 21.3 Å². The Kier molecular flexibility index (Phi) is 3.45. The highest BCUT2D eigenvalue weighted by atomic mass is 35.5. The molecule has 98 valence electrons. The second-order valence-electron chi connectivity index (χ2n) is 4.76. The molecule has 1 aliphatic rings. The van der Waals surface area contributed by atoms with Crippen LogP contribution in [-0.2, 0) is 6.42 Å². The van der Waals surface area contributed by atoms with Gasteiger partial charge in [-0.2, -0.15) is 0 Å². The van der Waals surface area contributed by atoms with E-state index in [-0.39, 0.29) is 6.04 Å². The molecule has 19 heavy (non-hydrogen) atoms. The van der Waals surface area contributed by atoms with Gasteiger partial charge in [0.05, 0.1) is 13.2 Å². The first-order valence-corrected chi connectivity index (χ1v) is 6.81. The molecule has 3 rings (SSSR count). The molecule has 1 atom stereocenters. The third-order valence-corrected chi connectivity index (χ3v) is 3.82. The van der Waals surface area contributed by atoms with Crippen LogP contribution in [0.3, 0.4) is 0 Å². The number of rotatable bonds is 2. The second-order valence-corrected chi connectivity index (χ2v) is 5.19. The number of halogens is 1. The molecular weight excluding hydrogens is 258 g/mol. The number of hydrogen-bond acceptors (Lipinski definition) is 2. The summed E-state index contributed by atoms with van der Waals surface area (Å²) in [6.07, 6.45) is 1.05. The summed E-state index contributed by atoms with van der Waals surface area (Å²) >= 11 is 6.10. The molecule has 2 nitrogen and oxygen atoms in total. The average Bonchev–Trinajstić information content (AvgIpc) is 2.46. The molecule has 0 aromatic heterocycles. The molecule has 2 aromatic rings. The molecule has 0 saturated carbocycles. The quantitative estimate of drug-likeness (QED) is 0.903. The van der Waals surface area contributed by atoms with E-state index in [0.717, 1.165) is 23.7 Å². The smallest absolute Gasteiger partial charge is 0.119 e. The normalized spacial score (nSPS) is 17.9. The Bertz CT molecular complexity index is 597. The van der Waals surface area contributed by atoms with Crippen molar-refractivity contribution in [3.05, 3.63) is 64.2 Å². The zero-order chi connectivity index (χ0) is 13.2. The van der Waals surface area contributed by atoms with E-state index in [0.29, 0.717) is 0 Å². The largest absolute Gasteiger partial charge is 0.497 e. The van der Waals surface area contributed by atoms with Crippen LogP contribution in [0.1, 0.15) is 22.7 Å². The summed E-state index contributed by atoms with van der Waals surface area (Å²) in [5.41, 5.74) is 3.86. The van der Waals surface area contributed by atoms with Gasteiger partial charge >= 0.3 is 0 Å². The van der Waals surface area contributed by atoms with Gasteiger partial charge in [-0.15, -0.1) is 0 Å². The minimum absolute atomic E-state index is 0.192. The zero-order valence-electron chi connectivity index (χ0n) is 10.8. The van der Waals surface area contributed by atoms with Crippen molar-refractivity contribution in [2.45, 2.75) is 12.5 Å². The minimum atomic E-state index is 0.192. The van der Waals surface area contributed by atoms with Crippen LogP contribution in [0.5, 0.6) is 5.75 Å². The second kappa shape index (κ2) is 5.24. The summed E-state index contributed by atoms with van der Waals surface area (Å²) in [4.78, 5) is 0. The lowest BCUT2D eigenvalue weighted by Gasteiger charge is -2.28. The van der Waals surface area contributed by atoms with E-state index >= 15 is 0 Å². The number of benzene rings is 2. The maximum Gasteiger partial charge on any atom is 0.119 e. The Hall–Kier alpha value is -1.51. The van der Waals surface area contributed by atoms with Crippen LogP contribution in [0.2, 0.25) is 5.02 Å². The van der Waals surface area contributed by atoms with Crippen molar-refractivity contribution in [2.75, 3.05) is 13.7 Å². The van der Waals surface area contributed by atoms with E-state index in [4.69, 9.17) is 16.3 Å². The molecule has 0 unspecified atom stereocenters. The molecule has 0 radical (unpaired) electrons. The third-order valence-electron chi connectivity index (χ3n) is 3.59. The number of hydrogen-bond donors (Lipinski definition) is 1. The van der Waals surface area contributed by atoms with E-state index in [1.54, 1.807) is 7.11 Å². The fraction of sp³-hybridized carbons (Fsp3) is 0.250. The third kappa shape index (κ3) is 2.46. The molecule has 0 spiro atoms. The first-order valence-electron chi connectivity index (χ1n) is 6.43. The van der Waals surface area contributed by atoms with E-state index in [1.165, 1.54) is 16.7 Å². The van der Waals surface area contributed by atoms with Crippen LogP contribution in [0.4, 0.5) is 0 Å². The molecule has 0 amide bonds. The van der Waals surface area contributed by atoms with Gasteiger partial charge in [-0.05, 0) is 47.4 Å². The SMILES string of the molecule is COc1ccc2c(c1)[C@H](c1cccc(Cl)c1)NCC2. The monoisotopic (exact) mass is 273 g/mol. The average molecular weight is 274 g/mol. The van der Waals surface area contributed by atoms with E-state index in [2.05, 4.69) is 23.5 Å². The minimum Gasteiger partial charge on any atom is -0.497 e. The summed E-state index contributed by atoms with van der Waals surface area (Å²) in [6.45, 7) is 0.983. The van der Waals surface area contributed by atoms with Gasteiger partial charge in [0.2, 0.25) is 0 Å². The van der Waals surface area contributed by atoms with Crippen molar-refractivity contribution >= 4 is 11.6 Å². The lowest BCUT2D eigenvalue weighted by molar-refractivity contribution is 0.412. The van der Waals surface area contributed by atoms with Gasteiger partial charge in [-0.1, -0.05) is 29.8 Å². The van der Waals surface area contributed by atoms with Gasteiger partial charge in [-0.3, -0.25) is 0 Å². The molecule has 2 aromatic carbocycles. The zero-order valence-corrected chi connectivity index (χ0v) is 11.6. The Balaban J connectivity index is 2.06. The fourth-order valence-corrected chi connectivity index (χ4v) is 2.84. The van der Waals surface area contributed by atoms with Gasteiger partial charge < -0.3 is 10.1 Å². The van der Waals surface area contributed by atoms with Gasteiger partial charge in [0, 0.05) is 11.6 Å². The number of ether oxygens (including phenoxy) is 1. The standard InChI is InChI=1S/C16H16ClNO/c1-19-14-6-5-11-7-8-18-16(15(11)10-14)12-3-2-4-13(17)9-12/h2-6,9-10,16,18H,7-8H2,1H3/t16-/m0/s1. The maximum atomic E-state index is 6.10. The Morgan fingerprint density at radius 2 is 2.11 bits per heavy atom. The van der Waals surface area contributed by atoms with Crippen molar-refractivity contribution in [1.82, 2.24) is 5.32 Å². The lowest BCUT2D eigenvalue weighted by atomic mass is 9.90. The summed E-state index contributed by atoms with van der Waals surface area (Å²) < 4.78 is 5.33. The molecule has 0 fully saturated rings. The maximum absolute atomic E-state index is 6.10. The number of methoxy groups -OCH3 is 1. The van der Waals surface area contributed by atoms with Crippen LogP contribution >= 0.6 is 11.6 Å². The summed E-state index contributed by atoms with van der Waals surface area (Å²) in [6, 6.07) is 14.5. The van der Waals surface area contributed by atoms with Crippen molar-refractivity contribution in [3.63, 3.8) is 0 Å². The first-order chi connectivity index (χ1) is 9.28. The van der Waals surface area contributed by atoms with E-state index in [9.17, 15) is 0 Å². The first kappa shape index (κ1) is 12.5. The summed E-state index contributed by atoms with van der Waals surface area (Å²) in [7, 11) is 1.70. The van der Waals surface area contributed by atoms with E-state index in [1.807, 2.05) is 24.3 Å². The van der Waals surface area contributed by atoms with Crippen LogP contribution < -0.4 is 10.1 Å². The Morgan fingerprint density at radius 1 is 1.21 bits per heavy atom. The number of fused-ring (bicyclic) bond motifs is 1. The highest BCUT2D eigenvalue weighted by Crippen LogP contribution is 2.32. The van der Waals surface area contributed by atoms with Crippen LogP contribution in [0.15, 0.2) is 42.5 Å². The molecular formula is C16H16ClNO. The molecule has 0 aliphatic carbocycles. The van der Waals surface area contributed by atoms with Gasteiger partial charge in [0.15, 0.2) is 0 Å². The highest BCUT2D eigenvalue weighted by molar-refractivity contribution is 6.30. The lowest BCUT2D eigenvalue weighted by Crippen LogP contribution is -2.30. The van der Waals surface area contributed by atoms with E-state index < -0.39 is 0 Å². The fourth-order valence-electron chi connectivity index (χ4n) is 2.64.